The lowest BCUT2D eigenvalue weighted by atomic mass is 9.89. The summed E-state index contributed by atoms with van der Waals surface area (Å²) in [5, 5.41) is 12.3. The maximum atomic E-state index is 11.1. The molecule has 4 heteroatoms. The van der Waals surface area contributed by atoms with Gasteiger partial charge in [-0.25, -0.2) is 4.79 Å². The van der Waals surface area contributed by atoms with Crippen LogP contribution in [0.25, 0.3) is 6.08 Å². The van der Waals surface area contributed by atoms with Crippen LogP contribution < -0.4 is 5.32 Å². The topological polar surface area (TPSA) is 58.6 Å². The van der Waals surface area contributed by atoms with E-state index in [2.05, 4.69) is 5.32 Å². The smallest absolute Gasteiger partial charge is 0.335 e. The third-order valence-corrected chi connectivity index (χ3v) is 3.06. The molecule has 2 N–H and O–H groups in total. The number of fused-ring (bicyclic) bond motifs is 2. The monoisotopic (exact) mass is 217 g/mol. The molecule has 1 heterocycles. The van der Waals surface area contributed by atoms with Gasteiger partial charge in [0.05, 0.1) is 11.6 Å². The first-order chi connectivity index (χ1) is 7.75. The number of hydrogen-bond acceptors (Lipinski definition) is 3. The maximum Gasteiger partial charge on any atom is 0.335 e. The van der Waals surface area contributed by atoms with E-state index in [1.807, 2.05) is 12.1 Å². The van der Waals surface area contributed by atoms with Gasteiger partial charge in [-0.15, -0.1) is 0 Å². The molecular formula is C12H11NO3. The molecule has 1 fully saturated rings. The van der Waals surface area contributed by atoms with Crippen LogP contribution in [0, 0.1) is 0 Å². The average Bonchev–Trinajstić information content (AvgIpc) is 2.71. The summed E-state index contributed by atoms with van der Waals surface area (Å²) >= 11 is 0. The number of ether oxygens (including phenoxy) is 1. The van der Waals surface area contributed by atoms with Gasteiger partial charge in [0.1, 0.15) is 12.5 Å². The summed E-state index contributed by atoms with van der Waals surface area (Å²) in [7, 11) is 0. The fourth-order valence-electron chi connectivity index (χ4n) is 2.27. The van der Waals surface area contributed by atoms with Crippen LogP contribution in [0.4, 0.5) is 0 Å². The van der Waals surface area contributed by atoms with E-state index in [1.165, 1.54) is 0 Å². The summed E-state index contributed by atoms with van der Waals surface area (Å²) < 4.78 is 5.42. The van der Waals surface area contributed by atoms with Crippen LogP contribution in [-0.2, 0) is 11.2 Å². The number of aromatic carboxylic acids is 1. The first-order valence-corrected chi connectivity index (χ1v) is 5.18. The van der Waals surface area contributed by atoms with Crippen molar-refractivity contribution in [3.8, 4) is 0 Å². The largest absolute Gasteiger partial charge is 0.481 e. The van der Waals surface area contributed by atoms with Crippen LogP contribution in [0.2, 0.25) is 0 Å². The molecular weight excluding hydrogens is 206 g/mol. The molecule has 0 bridgehead atoms. The summed E-state index contributed by atoms with van der Waals surface area (Å²) in [6.07, 6.45) is 2.61. The minimum atomic E-state index is -0.868. The Kier molecular flexibility index (Phi) is 1.97. The van der Waals surface area contributed by atoms with Crippen molar-refractivity contribution >= 4 is 12.0 Å². The van der Waals surface area contributed by atoms with Crippen LogP contribution in [0.15, 0.2) is 24.0 Å². The molecule has 1 atom stereocenters. The van der Waals surface area contributed by atoms with Crippen LogP contribution in [0.3, 0.4) is 0 Å². The van der Waals surface area contributed by atoms with Gasteiger partial charge < -0.3 is 9.84 Å². The number of rotatable bonds is 1. The Morgan fingerprint density at radius 2 is 2.38 bits per heavy atom. The van der Waals surface area contributed by atoms with E-state index >= 15 is 0 Å². The molecule has 1 saturated heterocycles. The summed E-state index contributed by atoms with van der Waals surface area (Å²) in [5.74, 6) is 0.0441. The van der Waals surface area contributed by atoms with Gasteiger partial charge in [0.15, 0.2) is 0 Å². The lowest BCUT2D eigenvalue weighted by Crippen LogP contribution is -2.28. The third-order valence-electron chi connectivity index (χ3n) is 3.06. The number of carbonyl (C=O) groups is 1. The van der Waals surface area contributed by atoms with Crippen LogP contribution in [-0.4, -0.2) is 23.8 Å². The predicted molar refractivity (Wildman–Crippen MR) is 58.0 cm³/mol. The standard InChI is InChI=1S/C12H11NO3/c14-12(15)8-3-1-2-7-4-11-10(5-9(7)8)13-6-16-11/h1-4,10,13H,5-6H2,(H,14,15). The highest BCUT2D eigenvalue weighted by Gasteiger charge is 2.29. The number of nitrogens with one attached hydrogen (secondary N) is 1. The Balaban J connectivity index is 2.13. The number of carboxylic acid groups (broad SMARTS) is 1. The van der Waals surface area contributed by atoms with Gasteiger partial charge in [-0.05, 0) is 29.7 Å². The van der Waals surface area contributed by atoms with Crippen molar-refractivity contribution in [1.29, 1.82) is 0 Å². The highest BCUT2D eigenvalue weighted by Crippen LogP contribution is 2.29. The highest BCUT2D eigenvalue weighted by molar-refractivity contribution is 5.91. The Bertz CT molecular complexity index is 493. The van der Waals surface area contributed by atoms with Gasteiger partial charge in [0.2, 0.25) is 0 Å². The Morgan fingerprint density at radius 3 is 3.19 bits per heavy atom. The zero-order valence-corrected chi connectivity index (χ0v) is 8.56. The quantitative estimate of drug-likeness (QED) is 0.742. The van der Waals surface area contributed by atoms with Gasteiger partial charge in [0.25, 0.3) is 0 Å². The van der Waals surface area contributed by atoms with E-state index in [1.54, 1.807) is 12.1 Å². The molecule has 2 aliphatic rings. The third kappa shape index (κ3) is 1.31. The van der Waals surface area contributed by atoms with E-state index in [9.17, 15) is 4.79 Å². The van der Waals surface area contributed by atoms with Crippen molar-refractivity contribution in [2.75, 3.05) is 6.73 Å². The molecule has 0 spiro atoms. The first kappa shape index (κ1) is 9.42. The SMILES string of the molecule is O=C(O)c1cccc2c1CC1NCOC1=C2. The lowest BCUT2D eigenvalue weighted by molar-refractivity contribution is 0.0695. The first-order valence-electron chi connectivity index (χ1n) is 5.18. The van der Waals surface area contributed by atoms with Crippen LogP contribution >= 0.6 is 0 Å². The summed E-state index contributed by atoms with van der Waals surface area (Å²) in [6.45, 7) is 0.507. The minimum absolute atomic E-state index is 0.132. The zero-order chi connectivity index (χ0) is 11.1. The molecule has 1 aromatic carbocycles. The Hall–Kier alpha value is -1.81. The van der Waals surface area contributed by atoms with Crippen molar-refractivity contribution < 1.29 is 14.6 Å². The van der Waals surface area contributed by atoms with Crippen LogP contribution in [0.1, 0.15) is 21.5 Å². The van der Waals surface area contributed by atoms with E-state index in [0.717, 1.165) is 16.9 Å². The van der Waals surface area contributed by atoms with E-state index < -0.39 is 5.97 Å². The molecule has 0 aromatic heterocycles. The zero-order valence-electron chi connectivity index (χ0n) is 8.56. The second kappa shape index (κ2) is 3.35. The number of benzene rings is 1. The van der Waals surface area contributed by atoms with Gasteiger partial charge in [-0.2, -0.15) is 0 Å². The van der Waals surface area contributed by atoms with Crippen molar-refractivity contribution in [1.82, 2.24) is 5.32 Å². The average molecular weight is 217 g/mol. The van der Waals surface area contributed by atoms with Crippen LogP contribution in [0.5, 0.6) is 0 Å². The summed E-state index contributed by atoms with van der Waals surface area (Å²) in [5.41, 5.74) is 2.23. The van der Waals surface area contributed by atoms with E-state index in [0.29, 0.717) is 18.7 Å². The fraction of sp³-hybridized carbons (Fsp3) is 0.250. The summed E-state index contributed by atoms with van der Waals surface area (Å²) in [4.78, 5) is 11.1. The van der Waals surface area contributed by atoms with Gasteiger partial charge in [-0.3, -0.25) is 5.32 Å². The Labute approximate surface area is 92.5 Å². The lowest BCUT2D eigenvalue weighted by Gasteiger charge is -2.19. The van der Waals surface area contributed by atoms with Gasteiger partial charge >= 0.3 is 5.97 Å². The van der Waals surface area contributed by atoms with Gasteiger partial charge in [-0.1, -0.05) is 12.1 Å². The predicted octanol–water partition coefficient (Wildman–Crippen LogP) is 1.23. The van der Waals surface area contributed by atoms with Crippen molar-refractivity contribution in [2.24, 2.45) is 0 Å². The van der Waals surface area contributed by atoms with Crippen molar-refractivity contribution in [3.05, 3.63) is 40.6 Å². The number of carboxylic acids is 1. The molecule has 1 aromatic rings. The molecule has 82 valence electrons. The minimum Gasteiger partial charge on any atom is -0.481 e. The molecule has 0 radical (unpaired) electrons. The highest BCUT2D eigenvalue weighted by atomic mass is 16.5. The molecule has 1 aliphatic carbocycles. The van der Waals surface area contributed by atoms with E-state index in [-0.39, 0.29) is 6.04 Å². The second-order valence-electron chi connectivity index (χ2n) is 3.97. The van der Waals surface area contributed by atoms with E-state index in [4.69, 9.17) is 9.84 Å². The second-order valence-corrected chi connectivity index (χ2v) is 3.97. The van der Waals surface area contributed by atoms with Crippen molar-refractivity contribution in [2.45, 2.75) is 12.5 Å². The maximum absolute atomic E-state index is 11.1. The summed E-state index contributed by atoms with van der Waals surface area (Å²) in [6, 6.07) is 5.47. The molecule has 1 unspecified atom stereocenters. The molecule has 0 saturated carbocycles. The fourth-order valence-corrected chi connectivity index (χ4v) is 2.27. The molecule has 16 heavy (non-hydrogen) atoms. The molecule has 0 amide bonds. The normalized spacial score (nSPS) is 21.8. The van der Waals surface area contributed by atoms with Gasteiger partial charge in [0, 0.05) is 0 Å². The Morgan fingerprint density at radius 1 is 1.50 bits per heavy atom. The number of hydrogen-bond donors (Lipinski definition) is 2. The van der Waals surface area contributed by atoms with Crippen molar-refractivity contribution in [3.63, 3.8) is 0 Å². The molecule has 4 nitrogen and oxygen atoms in total. The molecule has 1 aliphatic heterocycles. The molecule has 3 rings (SSSR count).